The third-order valence-electron chi connectivity index (χ3n) is 3.21. The number of halogens is 3. The molecule has 0 aliphatic rings. The number of fused-ring (bicyclic) bond motifs is 1. The van der Waals surface area contributed by atoms with Gasteiger partial charge in [0.15, 0.2) is 0 Å². The van der Waals surface area contributed by atoms with Crippen LogP contribution in [-0.4, -0.2) is 18.9 Å². The summed E-state index contributed by atoms with van der Waals surface area (Å²) in [5.41, 5.74) is -4.11. The van der Waals surface area contributed by atoms with Gasteiger partial charge in [-0.05, 0) is 42.1 Å². The zero-order valence-corrected chi connectivity index (χ0v) is 14.1. The summed E-state index contributed by atoms with van der Waals surface area (Å²) < 4.78 is 65.0. The van der Waals surface area contributed by atoms with Crippen LogP contribution >= 0.6 is 11.8 Å². The quantitative estimate of drug-likeness (QED) is 0.666. The van der Waals surface area contributed by atoms with Gasteiger partial charge in [0.2, 0.25) is 0 Å². The molecule has 0 spiro atoms. The number of hydrogen-bond donors (Lipinski definition) is 1. The molecule has 0 radical (unpaired) electrons. The number of sulfonamides is 1. The number of pyridine rings is 1. The van der Waals surface area contributed by atoms with E-state index < -0.39 is 15.5 Å². The van der Waals surface area contributed by atoms with Gasteiger partial charge in [0.25, 0.3) is 10.0 Å². The lowest BCUT2D eigenvalue weighted by Gasteiger charge is -2.11. The standard InChI is InChI=1S/C16H11F3N2O2S2/c17-16(18,19)24-13-7-2-6-12(10-13)21-25(22,23)14-8-1-4-11-5-3-9-20-15(11)14/h1-10,21H. The third kappa shape index (κ3) is 4.23. The molecule has 0 amide bonds. The predicted octanol–water partition coefficient (Wildman–Crippen LogP) is 4.65. The molecule has 0 aliphatic carbocycles. The van der Waals surface area contributed by atoms with Crippen LogP contribution in [-0.2, 0) is 10.0 Å². The highest BCUT2D eigenvalue weighted by molar-refractivity contribution is 8.00. The van der Waals surface area contributed by atoms with Crippen molar-refractivity contribution in [3.63, 3.8) is 0 Å². The molecule has 2 aromatic carbocycles. The minimum atomic E-state index is -4.45. The second kappa shape index (κ2) is 6.57. The second-order valence-corrected chi connectivity index (χ2v) is 7.80. The van der Waals surface area contributed by atoms with Crippen LogP contribution in [0.1, 0.15) is 0 Å². The molecule has 0 saturated carbocycles. The second-order valence-electron chi connectivity index (χ2n) is 5.01. The first-order valence-corrected chi connectivity index (χ1v) is 9.27. The lowest BCUT2D eigenvalue weighted by atomic mass is 10.2. The molecule has 0 fully saturated rings. The molecule has 1 aromatic heterocycles. The van der Waals surface area contributed by atoms with Crippen LogP contribution in [0.3, 0.4) is 0 Å². The van der Waals surface area contributed by atoms with E-state index in [2.05, 4.69) is 9.71 Å². The number of para-hydroxylation sites is 1. The Labute approximate surface area is 146 Å². The van der Waals surface area contributed by atoms with Gasteiger partial charge in [-0.2, -0.15) is 13.2 Å². The molecule has 25 heavy (non-hydrogen) atoms. The van der Waals surface area contributed by atoms with Gasteiger partial charge in [0.05, 0.1) is 5.52 Å². The highest BCUT2D eigenvalue weighted by Crippen LogP contribution is 2.37. The summed E-state index contributed by atoms with van der Waals surface area (Å²) in [6.07, 6.45) is 1.47. The molecule has 3 aromatic rings. The van der Waals surface area contributed by atoms with E-state index >= 15 is 0 Å². The van der Waals surface area contributed by atoms with Gasteiger partial charge in [0, 0.05) is 22.2 Å². The molecular formula is C16H11F3N2O2S2. The number of aromatic nitrogens is 1. The van der Waals surface area contributed by atoms with Crippen LogP contribution < -0.4 is 4.72 Å². The summed E-state index contributed by atoms with van der Waals surface area (Å²) in [6, 6.07) is 13.2. The number of anilines is 1. The Morgan fingerprint density at radius 3 is 2.48 bits per heavy atom. The van der Waals surface area contributed by atoms with Crippen molar-refractivity contribution >= 4 is 38.4 Å². The molecule has 4 nitrogen and oxygen atoms in total. The first-order chi connectivity index (χ1) is 11.7. The van der Waals surface area contributed by atoms with E-state index in [-0.39, 0.29) is 27.2 Å². The number of thioether (sulfide) groups is 1. The molecule has 9 heteroatoms. The van der Waals surface area contributed by atoms with Crippen molar-refractivity contribution in [2.45, 2.75) is 15.3 Å². The maximum absolute atomic E-state index is 12.6. The molecule has 3 rings (SSSR count). The Hall–Kier alpha value is -2.26. The van der Waals surface area contributed by atoms with Crippen LogP contribution in [0.25, 0.3) is 10.9 Å². The zero-order chi connectivity index (χ0) is 18.1. The smallest absolute Gasteiger partial charge is 0.280 e. The lowest BCUT2D eigenvalue weighted by Crippen LogP contribution is -2.13. The predicted molar refractivity (Wildman–Crippen MR) is 90.9 cm³/mol. The largest absolute Gasteiger partial charge is 0.446 e. The topological polar surface area (TPSA) is 59.1 Å². The normalized spacial score (nSPS) is 12.3. The summed E-state index contributed by atoms with van der Waals surface area (Å²) >= 11 is -0.308. The molecule has 0 unspecified atom stereocenters. The fourth-order valence-electron chi connectivity index (χ4n) is 2.26. The molecule has 0 saturated heterocycles. The van der Waals surface area contributed by atoms with Gasteiger partial charge in [0.1, 0.15) is 4.90 Å². The fourth-order valence-corrected chi connectivity index (χ4v) is 4.09. The van der Waals surface area contributed by atoms with Gasteiger partial charge in [-0.1, -0.05) is 24.3 Å². The van der Waals surface area contributed by atoms with Crippen LogP contribution in [0.2, 0.25) is 0 Å². The van der Waals surface area contributed by atoms with E-state index in [1.807, 2.05) is 0 Å². The zero-order valence-electron chi connectivity index (χ0n) is 12.5. The fraction of sp³-hybridized carbons (Fsp3) is 0.0625. The Kier molecular flexibility index (Phi) is 4.61. The van der Waals surface area contributed by atoms with Crippen molar-refractivity contribution in [1.29, 1.82) is 0 Å². The van der Waals surface area contributed by atoms with Crippen molar-refractivity contribution in [1.82, 2.24) is 4.98 Å². The minimum Gasteiger partial charge on any atom is -0.280 e. The van der Waals surface area contributed by atoms with E-state index in [1.165, 1.54) is 30.5 Å². The molecular weight excluding hydrogens is 373 g/mol. The third-order valence-corrected chi connectivity index (χ3v) is 5.34. The van der Waals surface area contributed by atoms with Gasteiger partial charge < -0.3 is 0 Å². The van der Waals surface area contributed by atoms with Crippen molar-refractivity contribution in [2.24, 2.45) is 0 Å². The van der Waals surface area contributed by atoms with Crippen molar-refractivity contribution in [3.05, 3.63) is 60.8 Å². The van der Waals surface area contributed by atoms with Crippen molar-refractivity contribution in [3.8, 4) is 0 Å². The van der Waals surface area contributed by atoms with Crippen LogP contribution in [0.15, 0.2) is 70.6 Å². The molecule has 0 atom stereocenters. The van der Waals surface area contributed by atoms with E-state index in [0.717, 1.165) is 6.07 Å². The highest BCUT2D eigenvalue weighted by Gasteiger charge is 2.29. The maximum atomic E-state index is 12.6. The van der Waals surface area contributed by atoms with Gasteiger partial charge in [-0.3, -0.25) is 9.71 Å². The van der Waals surface area contributed by atoms with Gasteiger partial charge in [-0.15, -0.1) is 0 Å². The first-order valence-electron chi connectivity index (χ1n) is 6.97. The average Bonchev–Trinajstić information content (AvgIpc) is 2.52. The summed E-state index contributed by atoms with van der Waals surface area (Å²) in [6.45, 7) is 0. The average molecular weight is 384 g/mol. The number of rotatable bonds is 4. The summed E-state index contributed by atoms with van der Waals surface area (Å²) in [7, 11) is -4.00. The highest BCUT2D eigenvalue weighted by atomic mass is 32.2. The van der Waals surface area contributed by atoms with Crippen molar-refractivity contribution in [2.75, 3.05) is 4.72 Å². The molecule has 1 heterocycles. The summed E-state index contributed by atoms with van der Waals surface area (Å²) in [4.78, 5) is 3.93. The van der Waals surface area contributed by atoms with E-state index in [4.69, 9.17) is 0 Å². The molecule has 0 bridgehead atoms. The molecule has 0 aliphatic heterocycles. The first kappa shape index (κ1) is 17.6. The van der Waals surface area contributed by atoms with E-state index in [1.54, 1.807) is 24.3 Å². The number of benzene rings is 2. The van der Waals surface area contributed by atoms with Gasteiger partial charge >= 0.3 is 5.51 Å². The number of hydrogen-bond acceptors (Lipinski definition) is 4. The van der Waals surface area contributed by atoms with E-state index in [0.29, 0.717) is 10.9 Å². The van der Waals surface area contributed by atoms with Gasteiger partial charge in [-0.25, -0.2) is 8.42 Å². The number of nitrogens with zero attached hydrogens (tertiary/aromatic N) is 1. The monoisotopic (exact) mass is 384 g/mol. The summed E-state index contributed by atoms with van der Waals surface area (Å²) in [5, 5.41) is 0.645. The Morgan fingerprint density at radius 2 is 1.72 bits per heavy atom. The Morgan fingerprint density at radius 1 is 1.00 bits per heavy atom. The minimum absolute atomic E-state index is 0.0422. The number of alkyl halides is 3. The van der Waals surface area contributed by atoms with Crippen LogP contribution in [0.4, 0.5) is 18.9 Å². The van der Waals surface area contributed by atoms with Crippen LogP contribution in [0, 0.1) is 0 Å². The SMILES string of the molecule is O=S(=O)(Nc1cccc(SC(F)(F)F)c1)c1cccc2cccnc12. The summed E-state index contributed by atoms with van der Waals surface area (Å²) in [5.74, 6) is 0. The lowest BCUT2D eigenvalue weighted by molar-refractivity contribution is -0.0328. The van der Waals surface area contributed by atoms with Crippen LogP contribution in [0.5, 0.6) is 0 Å². The van der Waals surface area contributed by atoms with E-state index in [9.17, 15) is 21.6 Å². The molecule has 1 N–H and O–H groups in total. The molecule has 130 valence electrons. The van der Waals surface area contributed by atoms with Crippen molar-refractivity contribution < 1.29 is 21.6 Å². The Bertz CT molecular complexity index is 1020. The number of nitrogens with one attached hydrogen (secondary N) is 1. The Balaban J connectivity index is 1.95. The maximum Gasteiger partial charge on any atom is 0.446 e.